The minimum atomic E-state index is -3.98. The highest BCUT2D eigenvalue weighted by Gasteiger charge is 2.28. The fourth-order valence-electron chi connectivity index (χ4n) is 2.90. The number of ether oxygens (including phenoxy) is 1. The van der Waals surface area contributed by atoms with Gasteiger partial charge in [-0.1, -0.05) is 48.0 Å². The van der Waals surface area contributed by atoms with Gasteiger partial charge in [0.2, 0.25) is 10.0 Å². The van der Waals surface area contributed by atoms with Gasteiger partial charge in [-0.15, -0.1) is 11.3 Å². The molecule has 2 heterocycles. The SMILES string of the molecule is O=C1COc2cc(S(=O)(=O)NC(c3ccccc3)c3cccs3)c(Cl)cc2N1. The molecule has 1 aliphatic heterocycles. The van der Waals surface area contributed by atoms with E-state index < -0.39 is 16.1 Å². The molecule has 1 unspecified atom stereocenters. The third-order valence-electron chi connectivity index (χ3n) is 4.19. The Bertz CT molecular complexity index is 1120. The molecule has 4 rings (SSSR count). The van der Waals surface area contributed by atoms with Crippen molar-refractivity contribution in [1.29, 1.82) is 0 Å². The summed E-state index contributed by atoms with van der Waals surface area (Å²) in [5, 5.41) is 4.49. The minimum Gasteiger partial charge on any atom is -0.482 e. The quantitative estimate of drug-likeness (QED) is 0.639. The van der Waals surface area contributed by atoms with E-state index in [-0.39, 0.29) is 28.2 Å². The lowest BCUT2D eigenvalue weighted by molar-refractivity contribution is -0.118. The summed E-state index contributed by atoms with van der Waals surface area (Å²) in [5.41, 5.74) is 1.16. The molecule has 1 aromatic heterocycles. The first-order chi connectivity index (χ1) is 13.4. The van der Waals surface area contributed by atoms with E-state index in [1.165, 1.54) is 23.5 Å². The van der Waals surface area contributed by atoms with E-state index in [2.05, 4.69) is 10.0 Å². The van der Waals surface area contributed by atoms with E-state index in [4.69, 9.17) is 16.3 Å². The highest BCUT2D eigenvalue weighted by molar-refractivity contribution is 7.89. The maximum Gasteiger partial charge on any atom is 0.262 e. The molecule has 0 saturated carbocycles. The van der Waals surface area contributed by atoms with Crippen molar-refractivity contribution in [2.45, 2.75) is 10.9 Å². The number of anilines is 1. The molecule has 2 N–H and O–H groups in total. The molecular formula is C19H15ClN2O4S2. The summed E-state index contributed by atoms with van der Waals surface area (Å²) >= 11 is 7.68. The fraction of sp³-hybridized carbons (Fsp3) is 0.105. The van der Waals surface area contributed by atoms with Crippen LogP contribution in [-0.2, 0) is 14.8 Å². The van der Waals surface area contributed by atoms with Crippen molar-refractivity contribution in [3.63, 3.8) is 0 Å². The molecular weight excluding hydrogens is 420 g/mol. The van der Waals surface area contributed by atoms with Crippen molar-refractivity contribution in [3.05, 3.63) is 75.4 Å². The number of nitrogens with one attached hydrogen (secondary N) is 2. The van der Waals surface area contributed by atoms with Crippen LogP contribution in [-0.4, -0.2) is 20.9 Å². The largest absolute Gasteiger partial charge is 0.482 e. The summed E-state index contributed by atoms with van der Waals surface area (Å²) in [5.74, 6) is -0.0594. The van der Waals surface area contributed by atoms with Crippen LogP contribution in [0.4, 0.5) is 5.69 Å². The average Bonchev–Trinajstić information content (AvgIpc) is 3.20. The van der Waals surface area contributed by atoms with Gasteiger partial charge in [-0.3, -0.25) is 4.79 Å². The van der Waals surface area contributed by atoms with E-state index in [9.17, 15) is 13.2 Å². The molecule has 2 aromatic carbocycles. The van der Waals surface area contributed by atoms with Gasteiger partial charge in [0, 0.05) is 10.9 Å². The van der Waals surface area contributed by atoms with Crippen LogP contribution in [0, 0.1) is 0 Å². The molecule has 0 saturated heterocycles. The van der Waals surface area contributed by atoms with Gasteiger partial charge in [0.25, 0.3) is 5.91 Å². The second-order valence-corrected chi connectivity index (χ2v) is 9.16. The summed E-state index contributed by atoms with van der Waals surface area (Å²) in [6, 6.07) is 15.2. The third kappa shape index (κ3) is 3.77. The Kier molecular flexibility index (Phi) is 5.11. The van der Waals surface area contributed by atoms with Crippen LogP contribution in [0.3, 0.4) is 0 Å². The Labute approximate surface area is 171 Å². The van der Waals surface area contributed by atoms with Gasteiger partial charge in [0.15, 0.2) is 6.61 Å². The average molecular weight is 435 g/mol. The monoisotopic (exact) mass is 434 g/mol. The van der Waals surface area contributed by atoms with Crippen molar-refractivity contribution in [3.8, 4) is 5.75 Å². The number of amides is 1. The number of hydrogen-bond acceptors (Lipinski definition) is 5. The van der Waals surface area contributed by atoms with E-state index in [1.54, 1.807) is 0 Å². The number of fused-ring (bicyclic) bond motifs is 1. The smallest absolute Gasteiger partial charge is 0.262 e. The molecule has 0 fully saturated rings. The van der Waals surface area contributed by atoms with Crippen LogP contribution in [0.15, 0.2) is 64.9 Å². The minimum absolute atomic E-state index is 0.00459. The van der Waals surface area contributed by atoms with Gasteiger partial charge in [0.1, 0.15) is 10.6 Å². The lowest BCUT2D eigenvalue weighted by atomic mass is 10.1. The van der Waals surface area contributed by atoms with E-state index in [1.807, 2.05) is 47.8 Å². The Morgan fingerprint density at radius 1 is 1.14 bits per heavy atom. The lowest BCUT2D eigenvalue weighted by Gasteiger charge is -2.21. The van der Waals surface area contributed by atoms with E-state index >= 15 is 0 Å². The molecule has 0 aliphatic carbocycles. The van der Waals surface area contributed by atoms with Gasteiger partial charge >= 0.3 is 0 Å². The second-order valence-electron chi connectivity index (χ2n) is 6.10. The van der Waals surface area contributed by atoms with Crippen molar-refractivity contribution >= 4 is 44.6 Å². The molecule has 144 valence electrons. The zero-order valence-electron chi connectivity index (χ0n) is 14.4. The van der Waals surface area contributed by atoms with Gasteiger partial charge in [-0.2, -0.15) is 4.72 Å². The van der Waals surface area contributed by atoms with Gasteiger partial charge in [0.05, 0.1) is 16.8 Å². The number of halogens is 1. The highest BCUT2D eigenvalue weighted by atomic mass is 35.5. The normalized spacial score (nSPS) is 14.7. The molecule has 28 heavy (non-hydrogen) atoms. The van der Waals surface area contributed by atoms with Gasteiger partial charge < -0.3 is 10.1 Å². The van der Waals surface area contributed by atoms with Gasteiger partial charge in [-0.05, 0) is 23.1 Å². The second kappa shape index (κ2) is 7.56. The summed E-state index contributed by atoms with van der Waals surface area (Å²) in [4.78, 5) is 12.2. The molecule has 3 aromatic rings. The fourth-order valence-corrected chi connectivity index (χ4v) is 5.52. The Balaban J connectivity index is 1.73. The summed E-state index contributed by atoms with van der Waals surface area (Å²) in [6.45, 7) is -0.177. The predicted molar refractivity (Wildman–Crippen MR) is 109 cm³/mol. The zero-order valence-corrected chi connectivity index (χ0v) is 16.8. The van der Waals surface area contributed by atoms with E-state index in [0.717, 1.165) is 10.4 Å². The van der Waals surface area contributed by atoms with Crippen LogP contribution >= 0.6 is 22.9 Å². The predicted octanol–water partition coefficient (Wildman–Crippen LogP) is 3.80. The van der Waals surface area contributed by atoms with Crippen LogP contribution < -0.4 is 14.8 Å². The number of sulfonamides is 1. The number of rotatable bonds is 5. The van der Waals surface area contributed by atoms with Crippen LogP contribution in [0.5, 0.6) is 5.75 Å². The topological polar surface area (TPSA) is 84.5 Å². The Morgan fingerprint density at radius 3 is 2.64 bits per heavy atom. The molecule has 6 nitrogen and oxygen atoms in total. The Hall–Kier alpha value is -2.39. The molecule has 9 heteroatoms. The number of carbonyl (C=O) groups excluding carboxylic acids is 1. The van der Waals surface area contributed by atoms with Crippen molar-refractivity contribution in [2.24, 2.45) is 0 Å². The molecule has 1 aliphatic rings. The van der Waals surface area contributed by atoms with Crippen LogP contribution in [0.1, 0.15) is 16.5 Å². The summed E-state index contributed by atoms with van der Waals surface area (Å²) in [7, 11) is -3.98. The number of thiophene rings is 1. The van der Waals surface area contributed by atoms with Crippen LogP contribution in [0.2, 0.25) is 5.02 Å². The standard InChI is InChI=1S/C19H15ClN2O4S2/c20-13-9-14-15(26-11-18(23)21-14)10-17(13)28(24,25)22-19(16-7-4-8-27-16)12-5-2-1-3-6-12/h1-10,19,22H,11H2,(H,21,23). The number of hydrogen-bond donors (Lipinski definition) is 2. The number of carbonyl (C=O) groups is 1. The highest BCUT2D eigenvalue weighted by Crippen LogP contribution is 2.37. The lowest BCUT2D eigenvalue weighted by Crippen LogP contribution is -2.30. The maximum atomic E-state index is 13.1. The van der Waals surface area contributed by atoms with Crippen molar-refractivity contribution in [2.75, 3.05) is 11.9 Å². The first kappa shape index (κ1) is 18.9. The van der Waals surface area contributed by atoms with Crippen molar-refractivity contribution in [1.82, 2.24) is 4.72 Å². The van der Waals surface area contributed by atoms with E-state index in [0.29, 0.717) is 5.69 Å². The molecule has 1 amide bonds. The van der Waals surface area contributed by atoms with Gasteiger partial charge in [-0.25, -0.2) is 8.42 Å². The number of benzene rings is 2. The first-order valence-corrected chi connectivity index (χ1v) is 11.0. The summed E-state index contributed by atoms with van der Waals surface area (Å²) < 4.78 is 34.4. The Morgan fingerprint density at radius 2 is 1.93 bits per heavy atom. The molecule has 1 atom stereocenters. The van der Waals surface area contributed by atoms with Crippen LogP contribution in [0.25, 0.3) is 0 Å². The molecule has 0 spiro atoms. The third-order valence-corrected chi connectivity index (χ3v) is 7.01. The maximum absolute atomic E-state index is 13.1. The first-order valence-electron chi connectivity index (χ1n) is 8.31. The molecule has 0 radical (unpaired) electrons. The molecule has 0 bridgehead atoms. The zero-order chi connectivity index (χ0) is 19.7. The summed E-state index contributed by atoms with van der Waals surface area (Å²) in [6.07, 6.45) is 0. The van der Waals surface area contributed by atoms with Crippen molar-refractivity contribution < 1.29 is 17.9 Å².